The first-order valence-electron chi connectivity index (χ1n) is 6.95. The van der Waals surface area contributed by atoms with E-state index in [9.17, 15) is 4.79 Å². The van der Waals surface area contributed by atoms with Gasteiger partial charge >= 0.3 is 5.97 Å². The van der Waals surface area contributed by atoms with Crippen molar-refractivity contribution < 1.29 is 14.6 Å². The number of benzene rings is 2. The Morgan fingerprint density at radius 2 is 1.76 bits per heavy atom. The van der Waals surface area contributed by atoms with E-state index >= 15 is 0 Å². The van der Waals surface area contributed by atoms with Gasteiger partial charge in [-0.05, 0) is 30.2 Å². The summed E-state index contributed by atoms with van der Waals surface area (Å²) < 4.78 is 5.56. The second-order valence-corrected chi connectivity index (χ2v) is 4.62. The summed E-state index contributed by atoms with van der Waals surface area (Å²) in [4.78, 5) is 10.9. The van der Waals surface area contributed by atoms with Crippen molar-refractivity contribution in [1.29, 1.82) is 0 Å². The molecule has 0 atom stereocenters. The normalized spacial score (nSPS) is 10.1. The summed E-state index contributed by atoms with van der Waals surface area (Å²) in [6, 6.07) is 15.3. The minimum Gasteiger partial charge on any atom is -0.492 e. The Labute approximate surface area is 124 Å². The summed E-state index contributed by atoms with van der Waals surface area (Å²) in [5.74, 6) is -0.0205. The summed E-state index contributed by atoms with van der Waals surface area (Å²) in [5.41, 5.74) is 2.71. The van der Waals surface area contributed by atoms with Crippen LogP contribution in [0.2, 0.25) is 0 Å². The van der Waals surface area contributed by atoms with Gasteiger partial charge in [0.2, 0.25) is 0 Å². The van der Waals surface area contributed by atoms with Gasteiger partial charge < -0.3 is 15.2 Å². The molecule has 2 N–H and O–H groups in total. The first-order chi connectivity index (χ1) is 10.2. The molecule has 2 aromatic rings. The number of hydrogen-bond donors (Lipinski definition) is 2. The van der Waals surface area contributed by atoms with Crippen molar-refractivity contribution in [3.8, 4) is 5.75 Å². The number of carboxylic acid groups (broad SMARTS) is 1. The molecule has 2 rings (SSSR count). The Kier molecular flexibility index (Phi) is 5.21. The molecular formula is C17H19NO3. The van der Waals surface area contributed by atoms with Crippen molar-refractivity contribution >= 4 is 11.7 Å². The lowest BCUT2D eigenvalue weighted by molar-refractivity contribution is -0.136. The number of hydrogen-bond acceptors (Lipinski definition) is 3. The van der Waals surface area contributed by atoms with Gasteiger partial charge in [-0.1, -0.05) is 36.4 Å². The molecule has 4 nitrogen and oxygen atoms in total. The van der Waals surface area contributed by atoms with E-state index < -0.39 is 5.97 Å². The molecule has 0 fully saturated rings. The largest absolute Gasteiger partial charge is 0.492 e. The fourth-order valence-electron chi connectivity index (χ4n) is 2.15. The van der Waals surface area contributed by atoms with Crippen LogP contribution in [0, 0.1) is 0 Å². The van der Waals surface area contributed by atoms with Gasteiger partial charge in [0, 0.05) is 6.54 Å². The number of para-hydroxylation sites is 2. The third-order valence-electron chi connectivity index (χ3n) is 3.12. The van der Waals surface area contributed by atoms with Gasteiger partial charge in [0.15, 0.2) is 0 Å². The van der Waals surface area contributed by atoms with Gasteiger partial charge in [-0.3, -0.25) is 4.79 Å². The first kappa shape index (κ1) is 14.9. The lowest BCUT2D eigenvalue weighted by Crippen LogP contribution is -2.08. The van der Waals surface area contributed by atoms with E-state index in [2.05, 4.69) is 5.32 Å². The van der Waals surface area contributed by atoms with Crippen molar-refractivity contribution in [1.82, 2.24) is 0 Å². The Bertz CT molecular complexity index is 610. The molecule has 0 aliphatic rings. The smallest absolute Gasteiger partial charge is 0.307 e. The number of ether oxygens (including phenoxy) is 1. The van der Waals surface area contributed by atoms with Crippen molar-refractivity contribution in [2.24, 2.45) is 0 Å². The molecule has 0 spiro atoms. The number of nitrogens with one attached hydrogen (secondary N) is 1. The van der Waals surface area contributed by atoms with E-state index in [-0.39, 0.29) is 6.42 Å². The monoisotopic (exact) mass is 285 g/mol. The third kappa shape index (κ3) is 4.24. The predicted octanol–water partition coefficient (Wildman–Crippen LogP) is 3.32. The van der Waals surface area contributed by atoms with Crippen LogP contribution in [0.25, 0.3) is 0 Å². The van der Waals surface area contributed by atoms with Gasteiger partial charge in [0.05, 0.1) is 18.7 Å². The molecule has 0 bridgehead atoms. The molecule has 4 heteroatoms. The number of rotatable bonds is 7. The van der Waals surface area contributed by atoms with Gasteiger partial charge in [-0.2, -0.15) is 0 Å². The summed E-state index contributed by atoms with van der Waals surface area (Å²) in [5, 5.41) is 12.3. The highest BCUT2D eigenvalue weighted by molar-refractivity contribution is 5.70. The molecule has 0 unspecified atom stereocenters. The highest BCUT2D eigenvalue weighted by Crippen LogP contribution is 2.24. The Morgan fingerprint density at radius 3 is 2.48 bits per heavy atom. The minimum absolute atomic E-state index is 0.0327. The molecule has 0 aliphatic carbocycles. The minimum atomic E-state index is -0.822. The third-order valence-corrected chi connectivity index (χ3v) is 3.12. The fraction of sp³-hybridized carbons (Fsp3) is 0.235. The lowest BCUT2D eigenvalue weighted by atomic mass is 10.0. The van der Waals surface area contributed by atoms with E-state index in [0.29, 0.717) is 13.2 Å². The maximum atomic E-state index is 10.9. The van der Waals surface area contributed by atoms with Gasteiger partial charge in [-0.25, -0.2) is 0 Å². The van der Waals surface area contributed by atoms with Gasteiger partial charge in [-0.15, -0.1) is 0 Å². The predicted molar refractivity (Wildman–Crippen MR) is 82.7 cm³/mol. The second-order valence-electron chi connectivity index (χ2n) is 4.62. The van der Waals surface area contributed by atoms with Gasteiger partial charge in [0.1, 0.15) is 5.75 Å². The summed E-state index contributed by atoms with van der Waals surface area (Å²) in [6.45, 7) is 3.11. The molecule has 0 aliphatic heterocycles. The van der Waals surface area contributed by atoms with Crippen LogP contribution < -0.4 is 10.1 Å². The average molecular weight is 285 g/mol. The zero-order chi connectivity index (χ0) is 15.1. The highest BCUT2D eigenvalue weighted by atomic mass is 16.5. The zero-order valence-electron chi connectivity index (χ0n) is 12.0. The molecule has 0 heterocycles. The maximum Gasteiger partial charge on any atom is 0.307 e. The molecule has 0 saturated carbocycles. The van der Waals surface area contributed by atoms with Crippen molar-refractivity contribution in [3.63, 3.8) is 0 Å². The lowest BCUT2D eigenvalue weighted by Gasteiger charge is -2.13. The summed E-state index contributed by atoms with van der Waals surface area (Å²) in [6.07, 6.45) is 0.0327. The van der Waals surface area contributed by atoms with Crippen molar-refractivity contribution in [3.05, 3.63) is 59.7 Å². The SMILES string of the molecule is CCOc1ccccc1NCc1ccccc1CC(=O)O. The van der Waals surface area contributed by atoms with Crippen molar-refractivity contribution in [2.75, 3.05) is 11.9 Å². The van der Waals surface area contributed by atoms with E-state index in [4.69, 9.17) is 9.84 Å². The maximum absolute atomic E-state index is 10.9. The van der Waals surface area contributed by atoms with Crippen LogP contribution in [-0.2, 0) is 17.8 Å². The van der Waals surface area contributed by atoms with Crippen LogP contribution >= 0.6 is 0 Å². The molecule has 0 radical (unpaired) electrons. The molecule has 0 amide bonds. The van der Waals surface area contributed by atoms with Crippen LogP contribution in [0.15, 0.2) is 48.5 Å². The van der Waals surface area contributed by atoms with Crippen molar-refractivity contribution in [2.45, 2.75) is 19.9 Å². The summed E-state index contributed by atoms with van der Waals surface area (Å²) >= 11 is 0. The summed E-state index contributed by atoms with van der Waals surface area (Å²) in [7, 11) is 0. The highest BCUT2D eigenvalue weighted by Gasteiger charge is 2.07. The van der Waals surface area contributed by atoms with E-state index in [1.54, 1.807) is 0 Å². The Hall–Kier alpha value is -2.49. The van der Waals surface area contributed by atoms with Gasteiger partial charge in [0.25, 0.3) is 0 Å². The molecule has 0 saturated heterocycles. The zero-order valence-corrected chi connectivity index (χ0v) is 12.0. The van der Waals surface area contributed by atoms with Crippen LogP contribution in [0.4, 0.5) is 5.69 Å². The number of anilines is 1. The first-order valence-corrected chi connectivity index (χ1v) is 6.95. The standard InChI is InChI=1S/C17H19NO3/c1-2-21-16-10-6-5-9-15(16)18-12-14-8-4-3-7-13(14)11-17(19)20/h3-10,18H,2,11-12H2,1H3,(H,19,20). The second kappa shape index (κ2) is 7.33. The van der Waals surface area contributed by atoms with E-state index in [1.807, 2.05) is 55.5 Å². The van der Waals surface area contributed by atoms with Crippen LogP contribution in [0.5, 0.6) is 5.75 Å². The quantitative estimate of drug-likeness (QED) is 0.819. The molecule has 110 valence electrons. The average Bonchev–Trinajstić information content (AvgIpc) is 2.47. The van der Waals surface area contributed by atoms with E-state index in [0.717, 1.165) is 22.6 Å². The Balaban J connectivity index is 2.11. The number of carbonyl (C=O) groups is 1. The number of carboxylic acids is 1. The molecule has 21 heavy (non-hydrogen) atoms. The Morgan fingerprint density at radius 1 is 1.10 bits per heavy atom. The van der Waals surface area contributed by atoms with E-state index in [1.165, 1.54) is 0 Å². The fourth-order valence-corrected chi connectivity index (χ4v) is 2.15. The number of aliphatic carboxylic acids is 1. The van der Waals surface area contributed by atoms with Crippen LogP contribution in [0.3, 0.4) is 0 Å². The molecular weight excluding hydrogens is 266 g/mol. The van der Waals surface area contributed by atoms with Crippen LogP contribution in [-0.4, -0.2) is 17.7 Å². The molecule has 0 aromatic heterocycles. The van der Waals surface area contributed by atoms with Crippen LogP contribution in [0.1, 0.15) is 18.1 Å². The molecule has 2 aromatic carbocycles. The topological polar surface area (TPSA) is 58.6 Å².